The van der Waals surface area contributed by atoms with E-state index in [1.807, 2.05) is 0 Å². The summed E-state index contributed by atoms with van der Waals surface area (Å²) in [4.78, 5) is 12.0. The van der Waals surface area contributed by atoms with Crippen LogP contribution in [-0.2, 0) is 30.4 Å². The van der Waals surface area contributed by atoms with Gasteiger partial charge in [0.25, 0.3) is 0 Å². The Morgan fingerprint density at radius 1 is 1.09 bits per heavy atom. The molecule has 1 aromatic carbocycles. The number of anilines is 1. The summed E-state index contributed by atoms with van der Waals surface area (Å²) in [6, 6.07) is 2.36. The van der Waals surface area contributed by atoms with Gasteiger partial charge in [0.15, 0.2) is 0 Å². The zero-order chi connectivity index (χ0) is 16.6. The Labute approximate surface area is 149 Å². The van der Waals surface area contributed by atoms with E-state index in [0.717, 1.165) is 72.0 Å². The number of carbonyl (C=O) groups is 1. The first kappa shape index (κ1) is 16.7. The fourth-order valence-electron chi connectivity index (χ4n) is 3.53. The summed E-state index contributed by atoms with van der Waals surface area (Å²) < 4.78 is 3.34. The van der Waals surface area contributed by atoms with Crippen LogP contribution in [0.3, 0.4) is 0 Å². The molecule has 0 saturated heterocycles. The number of nitrogens with one attached hydrogen (secondary N) is 1. The van der Waals surface area contributed by atoms with E-state index < -0.39 is 9.89 Å². The van der Waals surface area contributed by atoms with Gasteiger partial charge in [-0.05, 0) is 60.8 Å². The molecule has 0 spiro atoms. The van der Waals surface area contributed by atoms with Gasteiger partial charge in [-0.2, -0.15) is 5.26 Å². The number of fused-ring (bicyclic) bond motifs is 2. The number of nitrogens with zero attached hydrogens (tertiary/aromatic N) is 1. The van der Waals surface area contributed by atoms with Gasteiger partial charge in [-0.25, -0.2) is 4.79 Å². The van der Waals surface area contributed by atoms with Crippen molar-refractivity contribution < 1.29 is 9.53 Å². The normalized spacial score (nSPS) is 15.7. The molecule has 0 fully saturated rings. The van der Waals surface area contributed by atoms with Crippen molar-refractivity contribution in [2.45, 2.75) is 42.3 Å². The molecule has 0 heterocycles. The number of nitriles is 1. The third-order valence-corrected chi connectivity index (χ3v) is 4.68. The van der Waals surface area contributed by atoms with E-state index in [9.17, 15) is 10.1 Å². The lowest BCUT2D eigenvalue weighted by atomic mass is 9.93. The van der Waals surface area contributed by atoms with Crippen LogP contribution in [0.15, 0.2) is 0 Å². The summed E-state index contributed by atoms with van der Waals surface area (Å²) >= 11 is 16.8. The lowest BCUT2D eigenvalue weighted by Crippen LogP contribution is -2.22. The van der Waals surface area contributed by atoms with Gasteiger partial charge < -0.3 is 4.74 Å². The van der Waals surface area contributed by atoms with E-state index in [1.54, 1.807) is 0 Å². The smallest absolute Gasteiger partial charge is 0.411 e. The molecule has 0 radical (unpaired) electrons. The maximum atomic E-state index is 12.0. The Hall–Kier alpha value is -1.15. The molecule has 1 aromatic rings. The van der Waals surface area contributed by atoms with Crippen molar-refractivity contribution in [3.63, 3.8) is 0 Å². The number of benzene rings is 1. The second-order valence-electron chi connectivity index (χ2n) is 5.80. The minimum atomic E-state index is -1.63. The average Bonchev–Trinajstić information content (AvgIpc) is 3.13. The summed E-state index contributed by atoms with van der Waals surface area (Å²) in [5.74, 6) is 0. The van der Waals surface area contributed by atoms with Crippen molar-refractivity contribution in [1.29, 1.82) is 5.26 Å². The van der Waals surface area contributed by atoms with Crippen LogP contribution in [0.25, 0.3) is 0 Å². The zero-order valence-electron chi connectivity index (χ0n) is 12.3. The maximum absolute atomic E-state index is 12.0. The first-order valence-electron chi connectivity index (χ1n) is 7.51. The molecule has 0 aliphatic heterocycles. The van der Waals surface area contributed by atoms with Crippen LogP contribution in [0.2, 0.25) is 0 Å². The summed E-state index contributed by atoms with van der Waals surface area (Å²) in [7, 11) is 0. The number of carbonyl (C=O) groups excluding carboxylic acids is 1. The van der Waals surface area contributed by atoms with Crippen LogP contribution in [0.1, 0.15) is 40.7 Å². The Balaban J connectivity index is 1.92. The minimum absolute atomic E-state index is 0.315. The Morgan fingerprint density at radius 3 is 2.09 bits per heavy atom. The predicted octanol–water partition coefficient (Wildman–Crippen LogP) is 4.45. The van der Waals surface area contributed by atoms with Crippen LogP contribution in [0.5, 0.6) is 0 Å². The van der Waals surface area contributed by atoms with Gasteiger partial charge in [0, 0.05) is 0 Å². The lowest BCUT2D eigenvalue weighted by Gasteiger charge is -2.18. The quantitative estimate of drug-likeness (QED) is 0.779. The molecule has 3 rings (SSSR count). The summed E-state index contributed by atoms with van der Waals surface area (Å²) in [6.07, 6.45) is 4.82. The average molecular weight is 374 g/mol. The number of hydrogen-bond donors (Lipinski definition) is 1. The van der Waals surface area contributed by atoms with Crippen molar-refractivity contribution >= 4 is 46.6 Å². The number of alkyl halides is 3. The van der Waals surface area contributed by atoms with E-state index in [1.165, 1.54) is 0 Å². The molecule has 0 atom stereocenters. The maximum Gasteiger partial charge on any atom is 0.411 e. The SMILES string of the molecule is N#Cc1c2c(c(NC(=O)OCC(Cl)(Cl)Cl)c3c1CCC3)CCC2. The minimum Gasteiger partial charge on any atom is -0.445 e. The Kier molecular flexibility index (Phi) is 4.64. The molecule has 0 aromatic heterocycles. The molecule has 1 amide bonds. The van der Waals surface area contributed by atoms with E-state index >= 15 is 0 Å². The molecule has 0 bridgehead atoms. The van der Waals surface area contributed by atoms with Crippen molar-refractivity contribution in [1.82, 2.24) is 0 Å². The van der Waals surface area contributed by atoms with Gasteiger partial charge in [-0.3, -0.25) is 5.32 Å². The van der Waals surface area contributed by atoms with Gasteiger partial charge in [0.1, 0.15) is 6.61 Å². The monoisotopic (exact) mass is 372 g/mol. The fourth-order valence-corrected chi connectivity index (χ4v) is 3.69. The molecule has 7 heteroatoms. The third-order valence-electron chi connectivity index (χ3n) is 4.35. The van der Waals surface area contributed by atoms with Gasteiger partial charge >= 0.3 is 6.09 Å². The second-order valence-corrected chi connectivity index (χ2v) is 8.32. The standard InChI is InChI=1S/C16H15Cl3N2O2/c17-16(18,19)8-23-15(22)21-14-11-5-1-3-9(11)13(7-20)10-4-2-6-12(10)14/h1-6,8H2,(H,21,22). The van der Waals surface area contributed by atoms with E-state index in [2.05, 4.69) is 11.4 Å². The number of halogens is 3. The third kappa shape index (κ3) is 3.38. The van der Waals surface area contributed by atoms with Crippen LogP contribution in [-0.4, -0.2) is 16.5 Å². The number of rotatable bonds is 2. The number of ether oxygens (including phenoxy) is 1. The van der Waals surface area contributed by atoms with Crippen LogP contribution >= 0.6 is 34.8 Å². The van der Waals surface area contributed by atoms with Crippen molar-refractivity contribution in [3.05, 3.63) is 27.8 Å². The Morgan fingerprint density at radius 2 is 1.61 bits per heavy atom. The Bertz CT molecular complexity index is 670. The van der Waals surface area contributed by atoms with Crippen LogP contribution in [0, 0.1) is 11.3 Å². The fraction of sp³-hybridized carbons (Fsp3) is 0.500. The van der Waals surface area contributed by atoms with Gasteiger partial charge in [-0.15, -0.1) is 0 Å². The van der Waals surface area contributed by atoms with Crippen molar-refractivity contribution in [3.8, 4) is 6.07 Å². The predicted molar refractivity (Wildman–Crippen MR) is 90.5 cm³/mol. The lowest BCUT2D eigenvalue weighted by molar-refractivity contribution is 0.164. The highest BCUT2D eigenvalue weighted by atomic mass is 35.6. The van der Waals surface area contributed by atoms with E-state index in [-0.39, 0.29) is 6.61 Å². The largest absolute Gasteiger partial charge is 0.445 e. The van der Waals surface area contributed by atoms with Crippen LogP contribution in [0.4, 0.5) is 10.5 Å². The highest BCUT2D eigenvalue weighted by Crippen LogP contribution is 2.41. The summed E-state index contributed by atoms with van der Waals surface area (Å²) in [5, 5.41) is 12.3. The number of amides is 1. The first-order valence-corrected chi connectivity index (χ1v) is 8.64. The molecule has 2 aliphatic rings. The molecule has 0 unspecified atom stereocenters. The van der Waals surface area contributed by atoms with Crippen LogP contribution < -0.4 is 5.32 Å². The van der Waals surface area contributed by atoms with Crippen molar-refractivity contribution in [2.75, 3.05) is 11.9 Å². The van der Waals surface area contributed by atoms with Gasteiger partial charge in [0.2, 0.25) is 3.79 Å². The van der Waals surface area contributed by atoms with E-state index in [4.69, 9.17) is 39.5 Å². The zero-order valence-corrected chi connectivity index (χ0v) is 14.6. The number of hydrogen-bond acceptors (Lipinski definition) is 3. The molecule has 23 heavy (non-hydrogen) atoms. The molecule has 122 valence electrons. The highest BCUT2D eigenvalue weighted by Gasteiger charge is 2.30. The first-order chi connectivity index (χ1) is 10.9. The summed E-state index contributed by atoms with van der Waals surface area (Å²) in [6.45, 7) is -0.315. The molecular weight excluding hydrogens is 359 g/mol. The molecule has 2 aliphatic carbocycles. The second kappa shape index (κ2) is 6.39. The van der Waals surface area contributed by atoms with Gasteiger partial charge in [-0.1, -0.05) is 34.8 Å². The van der Waals surface area contributed by atoms with E-state index in [0.29, 0.717) is 0 Å². The topological polar surface area (TPSA) is 62.1 Å². The van der Waals surface area contributed by atoms with Crippen molar-refractivity contribution in [2.24, 2.45) is 0 Å². The summed E-state index contributed by atoms with van der Waals surface area (Å²) in [5.41, 5.74) is 5.89. The highest BCUT2D eigenvalue weighted by molar-refractivity contribution is 6.67. The molecule has 0 saturated carbocycles. The molecular formula is C16H15Cl3N2O2. The molecule has 1 N–H and O–H groups in total. The van der Waals surface area contributed by atoms with Gasteiger partial charge in [0.05, 0.1) is 17.3 Å². The molecule has 4 nitrogen and oxygen atoms in total.